The second-order valence-electron chi connectivity index (χ2n) is 10.1. The Hall–Kier alpha value is -1.87. The number of aromatic nitrogens is 2. The maximum Gasteiger partial charge on any atom is 0.259 e. The molecule has 1 atom stereocenters. The largest absolute Gasteiger partial charge is 0.309 e. The topological polar surface area (TPSA) is 104 Å². The smallest absolute Gasteiger partial charge is 0.259 e. The number of nitrogens with one attached hydrogen (secondary N) is 3. The molecule has 6 rings (SSSR count). The predicted molar refractivity (Wildman–Crippen MR) is 127 cm³/mol. The average Bonchev–Trinajstić information content (AvgIpc) is 3.02. The first kappa shape index (κ1) is 21.9. The summed E-state index contributed by atoms with van der Waals surface area (Å²) in [4.78, 5) is 47.3. The number of carbonyl (C=O) groups is 2. The molecule has 0 radical (unpaired) electrons. The lowest BCUT2D eigenvalue weighted by Gasteiger charge is -2.55. The summed E-state index contributed by atoms with van der Waals surface area (Å²) < 4.78 is 0. The standard InChI is InChI=1S/C23H30N4O3S2/c1-11-12(2)32-21-18(11)20(29)24-17(25-21)10-31-13(3)19(28)26-27-22(30)23-7-14-4-15(8-23)6-16(5-14)9-23/h13-16H,4-10H2,1-3H3,(H,26,28)(H,27,30)(H,24,25,29)/t13-,14?,15?,16?,23?/m1/s1. The Kier molecular flexibility index (Phi) is 5.60. The van der Waals surface area contributed by atoms with Crippen molar-refractivity contribution in [3.8, 4) is 0 Å². The van der Waals surface area contributed by atoms with E-state index >= 15 is 0 Å². The van der Waals surface area contributed by atoms with Gasteiger partial charge in [-0.25, -0.2) is 4.98 Å². The molecule has 0 spiro atoms. The molecule has 32 heavy (non-hydrogen) atoms. The summed E-state index contributed by atoms with van der Waals surface area (Å²) in [6.07, 6.45) is 6.73. The molecule has 2 amide bonds. The van der Waals surface area contributed by atoms with Crippen molar-refractivity contribution in [2.75, 3.05) is 0 Å². The minimum Gasteiger partial charge on any atom is -0.309 e. The van der Waals surface area contributed by atoms with E-state index in [-0.39, 0.29) is 28.0 Å². The van der Waals surface area contributed by atoms with E-state index in [2.05, 4.69) is 20.8 Å². The number of hydrazine groups is 1. The van der Waals surface area contributed by atoms with Gasteiger partial charge < -0.3 is 4.98 Å². The van der Waals surface area contributed by atoms with Crippen LogP contribution in [0.15, 0.2) is 4.79 Å². The van der Waals surface area contributed by atoms with E-state index in [1.54, 1.807) is 6.92 Å². The van der Waals surface area contributed by atoms with Gasteiger partial charge in [0.15, 0.2) is 0 Å². The van der Waals surface area contributed by atoms with Crippen molar-refractivity contribution in [2.45, 2.75) is 70.3 Å². The quantitative estimate of drug-likeness (QED) is 0.575. The van der Waals surface area contributed by atoms with Gasteiger partial charge in [-0.1, -0.05) is 0 Å². The third-order valence-electron chi connectivity index (χ3n) is 7.75. The first-order chi connectivity index (χ1) is 15.2. The Morgan fingerprint density at radius 3 is 2.41 bits per heavy atom. The Balaban J connectivity index is 1.16. The summed E-state index contributed by atoms with van der Waals surface area (Å²) in [6, 6.07) is 0. The van der Waals surface area contributed by atoms with Crippen LogP contribution in [0.2, 0.25) is 0 Å². The molecule has 2 heterocycles. The van der Waals surface area contributed by atoms with E-state index in [1.807, 2.05) is 13.8 Å². The van der Waals surface area contributed by atoms with E-state index in [4.69, 9.17) is 0 Å². The fraction of sp³-hybridized carbons (Fsp3) is 0.652. The fourth-order valence-corrected chi connectivity index (χ4v) is 8.19. The predicted octanol–water partition coefficient (Wildman–Crippen LogP) is 3.59. The lowest BCUT2D eigenvalue weighted by Crippen LogP contribution is -2.57. The van der Waals surface area contributed by atoms with Crippen LogP contribution in [0.4, 0.5) is 0 Å². The third-order valence-corrected chi connectivity index (χ3v) is 10.0. The number of aromatic amines is 1. The molecule has 4 fully saturated rings. The molecule has 2 aromatic rings. The molecule has 4 aliphatic rings. The van der Waals surface area contributed by atoms with Gasteiger partial charge in [0, 0.05) is 4.88 Å². The molecular weight excluding hydrogens is 444 g/mol. The highest BCUT2D eigenvalue weighted by atomic mass is 32.2. The van der Waals surface area contributed by atoms with E-state index in [1.165, 1.54) is 42.4 Å². The molecule has 4 aliphatic carbocycles. The number of fused-ring (bicyclic) bond motifs is 1. The first-order valence-corrected chi connectivity index (χ1v) is 13.3. The summed E-state index contributed by atoms with van der Waals surface area (Å²) in [5.74, 6) is 2.77. The number of thiophene rings is 1. The highest BCUT2D eigenvalue weighted by molar-refractivity contribution is 7.99. The molecule has 0 aliphatic heterocycles. The molecule has 4 bridgehead atoms. The molecular formula is C23H30N4O3S2. The second kappa shape index (κ2) is 8.17. The minimum atomic E-state index is -0.389. The van der Waals surface area contributed by atoms with E-state index in [9.17, 15) is 14.4 Å². The molecule has 3 N–H and O–H groups in total. The van der Waals surface area contributed by atoms with Gasteiger partial charge in [-0.05, 0) is 82.6 Å². The number of aryl methyl sites for hydroxylation is 2. The van der Waals surface area contributed by atoms with Gasteiger partial charge in [-0.3, -0.25) is 25.2 Å². The lowest BCUT2D eigenvalue weighted by molar-refractivity contribution is -0.148. The van der Waals surface area contributed by atoms with Gasteiger partial charge in [-0.2, -0.15) is 0 Å². The van der Waals surface area contributed by atoms with Crippen LogP contribution in [0.5, 0.6) is 0 Å². The molecule has 0 aromatic carbocycles. The fourth-order valence-electron chi connectivity index (χ4n) is 6.39. The van der Waals surface area contributed by atoms with Crippen LogP contribution in [0.1, 0.15) is 61.7 Å². The normalized spacial score (nSPS) is 29.3. The molecule has 2 aromatic heterocycles. The van der Waals surface area contributed by atoms with Crippen molar-refractivity contribution >= 4 is 45.1 Å². The molecule has 172 valence electrons. The number of nitrogens with zero attached hydrogens (tertiary/aromatic N) is 1. The van der Waals surface area contributed by atoms with Gasteiger partial charge >= 0.3 is 0 Å². The second-order valence-corrected chi connectivity index (χ2v) is 12.6. The Morgan fingerprint density at radius 1 is 1.16 bits per heavy atom. The van der Waals surface area contributed by atoms with Gasteiger partial charge in [0.2, 0.25) is 5.91 Å². The Morgan fingerprint density at radius 2 is 1.78 bits per heavy atom. The van der Waals surface area contributed by atoms with E-state index in [0.29, 0.717) is 34.7 Å². The maximum atomic E-state index is 13.0. The zero-order valence-corrected chi connectivity index (χ0v) is 20.4. The first-order valence-electron chi connectivity index (χ1n) is 11.4. The van der Waals surface area contributed by atoms with Gasteiger partial charge in [0.1, 0.15) is 10.7 Å². The zero-order chi connectivity index (χ0) is 22.6. The number of amides is 2. The number of carbonyl (C=O) groups excluding carboxylic acids is 2. The monoisotopic (exact) mass is 474 g/mol. The molecule has 7 nitrogen and oxygen atoms in total. The summed E-state index contributed by atoms with van der Waals surface area (Å²) in [7, 11) is 0. The summed E-state index contributed by atoms with van der Waals surface area (Å²) >= 11 is 2.90. The summed E-state index contributed by atoms with van der Waals surface area (Å²) in [5, 5.41) is 0.263. The molecule has 0 unspecified atom stereocenters. The summed E-state index contributed by atoms with van der Waals surface area (Å²) in [5.41, 5.74) is 5.94. The van der Waals surface area contributed by atoms with Crippen LogP contribution in [-0.4, -0.2) is 27.0 Å². The number of hydrogen-bond acceptors (Lipinski definition) is 6. The molecule has 4 saturated carbocycles. The van der Waals surface area contributed by atoms with Crippen molar-refractivity contribution in [1.82, 2.24) is 20.8 Å². The van der Waals surface area contributed by atoms with Crippen LogP contribution in [0.25, 0.3) is 10.2 Å². The summed E-state index contributed by atoms with van der Waals surface area (Å²) in [6.45, 7) is 5.72. The van der Waals surface area contributed by atoms with Gasteiger partial charge in [0.25, 0.3) is 11.5 Å². The van der Waals surface area contributed by atoms with Crippen LogP contribution in [0.3, 0.4) is 0 Å². The number of H-pyrrole nitrogens is 1. The van der Waals surface area contributed by atoms with Crippen molar-refractivity contribution in [3.63, 3.8) is 0 Å². The number of rotatable bonds is 5. The average molecular weight is 475 g/mol. The Labute approximate surface area is 195 Å². The zero-order valence-electron chi connectivity index (χ0n) is 18.7. The van der Waals surface area contributed by atoms with Crippen LogP contribution >= 0.6 is 23.1 Å². The molecule has 9 heteroatoms. The highest BCUT2D eigenvalue weighted by Crippen LogP contribution is 2.60. The van der Waals surface area contributed by atoms with Crippen LogP contribution in [0, 0.1) is 37.0 Å². The third kappa shape index (κ3) is 3.87. The Bertz CT molecular complexity index is 1100. The van der Waals surface area contributed by atoms with E-state index < -0.39 is 0 Å². The highest BCUT2D eigenvalue weighted by Gasteiger charge is 2.54. The van der Waals surface area contributed by atoms with Crippen molar-refractivity contribution in [1.29, 1.82) is 0 Å². The van der Waals surface area contributed by atoms with Gasteiger partial charge in [0.05, 0.1) is 21.8 Å². The van der Waals surface area contributed by atoms with Crippen molar-refractivity contribution in [3.05, 3.63) is 26.6 Å². The van der Waals surface area contributed by atoms with Crippen molar-refractivity contribution < 1.29 is 9.59 Å². The van der Waals surface area contributed by atoms with Crippen LogP contribution < -0.4 is 16.4 Å². The van der Waals surface area contributed by atoms with E-state index in [0.717, 1.165) is 34.5 Å². The van der Waals surface area contributed by atoms with Crippen molar-refractivity contribution in [2.24, 2.45) is 23.2 Å². The number of hydrogen-bond donors (Lipinski definition) is 3. The lowest BCUT2D eigenvalue weighted by atomic mass is 9.49. The maximum absolute atomic E-state index is 13.0. The molecule has 0 saturated heterocycles. The van der Waals surface area contributed by atoms with Crippen LogP contribution in [-0.2, 0) is 15.3 Å². The minimum absolute atomic E-state index is 0.0120. The SMILES string of the molecule is Cc1sc2nc(CS[C@H](C)C(=O)NNC(=O)C34CC5CC(CC(C5)C3)C4)[nH]c(=O)c2c1C. The van der Waals surface area contributed by atoms with Gasteiger partial charge in [-0.15, -0.1) is 23.1 Å². The number of thioether (sulfide) groups is 1.